The molecule has 0 saturated heterocycles. The van der Waals surface area contributed by atoms with Crippen molar-refractivity contribution < 1.29 is 4.79 Å². The summed E-state index contributed by atoms with van der Waals surface area (Å²) in [6.45, 7) is 2.71. The Bertz CT molecular complexity index is 566. The van der Waals surface area contributed by atoms with Crippen LogP contribution in [-0.2, 0) is 6.42 Å². The summed E-state index contributed by atoms with van der Waals surface area (Å²) in [6.07, 6.45) is 0.910. The molecule has 0 aliphatic heterocycles. The van der Waals surface area contributed by atoms with Crippen LogP contribution in [0, 0.1) is 6.92 Å². The molecule has 1 aromatic heterocycles. The summed E-state index contributed by atoms with van der Waals surface area (Å²) in [7, 11) is 1.86. The monoisotopic (exact) mass is 337 g/mol. The molecule has 0 aliphatic rings. The van der Waals surface area contributed by atoms with E-state index in [1.165, 1.54) is 4.88 Å². The minimum Gasteiger partial charge on any atom is -0.341 e. The first-order chi connectivity index (χ1) is 9.08. The third-order valence-electron chi connectivity index (χ3n) is 3.05. The minimum absolute atomic E-state index is 0.0790. The standard InChI is InChI=1S/C15H16BrNOS/c1-11-5-6-12(16)10-14(11)15(18)17(2)8-7-13-4-3-9-19-13/h3-6,9-10H,7-8H2,1-2H3. The fraction of sp³-hybridized carbons (Fsp3) is 0.267. The summed E-state index contributed by atoms with van der Waals surface area (Å²) in [6, 6.07) is 9.95. The van der Waals surface area contributed by atoms with E-state index in [0.29, 0.717) is 0 Å². The molecule has 0 N–H and O–H groups in total. The second-order valence-corrected chi connectivity index (χ2v) is 6.46. The third-order valence-corrected chi connectivity index (χ3v) is 4.48. The SMILES string of the molecule is Cc1ccc(Br)cc1C(=O)N(C)CCc1cccs1. The second kappa shape index (κ2) is 6.35. The van der Waals surface area contributed by atoms with Crippen LogP contribution in [0.2, 0.25) is 0 Å². The summed E-state index contributed by atoms with van der Waals surface area (Å²) in [5, 5.41) is 2.07. The van der Waals surface area contributed by atoms with Crippen molar-refractivity contribution in [3.63, 3.8) is 0 Å². The highest BCUT2D eigenvalue weighted by molar-refractivity contribution is 9.10. The summed E-state index contributed by atoms with van der Waals surface area (Å²) in [5.74, 6) is 0.0790. The van der Waals surface area contributed by atoms with Crippen molar-refractivity contribution in [2.75, 3.05) is 13.6 Å². The van der Waals surface area contributed by atoms with E-state index in [0.717, 1.165) is 28.6 Å². The molecule has 1 amide bonds. The van der Waals surface area contributed by atoms with Gasteiger partial charge in [0.05, 0.1) is 0 Å². The molecule has 2 rings (SSSR count). The van der Waals surface area contributed by atoms with E-state index in [-0.39, 0.29) is 5.91 Å². The van der Waals surface area contributed by atoms with Gasteiger partial charge in [-0.3, -0.25) is 4.79 Å². The smallest absolute Gasteiger partial charge is 0.253 e. The van der Waals surface area contributed by atoms with Crippen LogP contribution in [0.1, 0.15) is 20.8 Å². The number of nitrogens with zero attached hydrogens (tertiary/aromatic N) is 1. The Morgan fingerprint density at radius 2 is 2.16 bits per heavy atom. The average molecular weight is 338 g/mol. The zero-order chi connectivity index (χ0) is 13.8. The molecule has 0 spiro atoms. The van der Waals surface area contributed by atoms with Crippen LogP contribution in [0.5, 0.6) is 0 Å². The van der Waals surface area contributed by atoms with E-state index < -0.39 is 0 Å². The molecule has 0 aliphatic carbocycles. The molecular formula is C15H16BrNOS. The predicted octanol–water partition coefficient (Wildman–Crippen LogP) is 4.13. The summed E-state index contributed by atoms with van der Waals surface area (Å²) in [4.78, 5) is 15.5. The van der Waals surface area contributed by atoms with Crippen molar-refractivity contribution in [1.82, 2.24) is 4.90 Å². The largest absolute Gasteiger partial charge is 0.341 e. The molecule has 0 atom stereocenters. The Morgan fingerprint density at radius 1 is 1.37 bits per heavy atom. The summed E-state index contributed by atoms with van der Waals surface area (Å²) in [5.41, 5.74) is 1.78. The number of rotatable bonds is 4. The van der Waals surface area contributed by atoms with Gasteiger partial charge in [0, 0.05) is 28.5 Å². The second-order valence-electron chi connectivity index (χ2n) is 4.52. The number of likely N-dealkylation sites (N-methyl/N-ethyl adjacent to an activating group) is 1. The lowest BCUT2D eigenvalue weighted by atomic mass is 10.1. The normalized spacial score (nSPS) is 10.5. The summed E-state index contributed by atoms with van der Waals surface area (Å²) < 4.78 is 0.938. The van der Waals surface area contributed by atoms with Crippen LogP contribution < -0.4 is 0 Å². The number of thiophene rings is 1. The van der Waals surface area contributed by atoms with E-state index in [4.69, 9.17) is 0 Å². The van der Waals surface area contributed by atoms with Crippen molar-refractivity contribution in [3.8, 4) is 0 Å². The number of halogens is 1. The van der Waals surface area contributed by atoms with Gasteiger partial charge in [0.25, 0.3) is 5.91 Å². The predicted molar refractivity (Wildman–Crippen MR) is 83.9 cm³/mol. The molecule has 2 aromatic rings. The zero-order valence-corrected chi connectivity index (χ0v) is 13.4. The van der Waals surface area contributed by atoms with E-state index in [1.54, 1.807) is 16.2 Å². The molecular weight excluding hydrogens is 322 g/mol. The molecule has 1 aromatic carbocycles. The van der Waals surface area contributed by atoms with Crippen molar-refractivity contribution in [3.05, 3.63) is 56.2 Å². The van der Waals surface area contributed by atoms with E-state index in [9.17, 15) is 4.79 Å². The van der Waals surface area contributed by atoms with E-state index in [2.05, 4.69) is 27.4 Å². The lowest BCUT2D eigenvalue weighted by Gasteiger charge is -2.18. The van der Waals surface area contributed by atoms with Crippen molar-refractivity contribution in [2.24, 2.45) is 0 Å². The molecule has 1 heterocycles. The van der Waals surface area contributed by atoms with Crippen LogP contribution in [0.3, 0.4) is 0 Å². The van der Waals surface area contributed by atoms with Gasteiger partial charge in [-0.1, -0.05) is 28.1 Å². The minimum atomic E-state index is 0.0790. The Kier molecular flexibility index (Phi) is 4.77. The number of hydrogen-bond acceptors (Lipinski definition) is 2. The molecule has 4 heteroatoms. The molecule has 19 heavy (non-hydrogen) atoms. The van der Waals surface area contributed by atoms with Gasteiger partial charge in [-0.15, -0.1) is 11.3 Å². The fourth-order valence-electron chi connectivity index (χ4n) is 1.86. The van der Waals surface area contributed by atoms with Gasteiger partial charge in [0.1, 0.15) is 0 Å². The molecule has 0 saturated carbocycles. The highest BCUT2D eigenvalue weighted by atomic mass is 79.9. The fourth-order valence-corrected chi connectivity index (χ4v) is 2.92. The Morgan fingerprint density at radius 3 is 2.84 bits per heavy atom. The number of carbonyl (C=O) groups is 1. The van der Waals surface area contributed by atoms with Gasteiger partial charge in [0.2, 0.25) is 0 Å². The Hall–Kier alpha value is -1.13. The van der Waals surface area contributed by atoms with Gasteiger partial charge in [-0.25, -0.2) is 0 Å². The number of hydrogen-bond donors (Lipinski definition) is 0. The molecule has 0 fully saturated rings. The maximum absolute atomic E-state index is 12.4. The molecule has 2 nitrogen and oxygen atoms in total. The molecule has 100 valence electrons. The van der Waals surface area contributed by atoms with E-state index >= 15 is 0 Å². The maximum atomic E-state index is 12.4. The van der Waals surface area contributed by atoms with Gasteiger partial charge < -0.3 is 4.90 Å². The van der Waals surface area contributed by atoms with Crippen molar-refractivity contribution in [1.29, 1.82) is 0 Å². The summed E-state index contributed by atoms with van der Waals surface area (Å²) >= 11 is 5.15. The van der Waals surface area contributed by atoms with Crippen molar-refractivity contribution in [2.45, 2.75) is 13.3 Å². The van der Waals surface area contributed by atoms with Crippen LogP contribution in [0.4, 0.5) is 0 Å². The lowest BCUT2D eigenvalue weighted by Crippen LogP contribution is -2.29. The topological polar surface area (TPSA) is 20.3 Å². The van der Waals surface area contributed by atoms with Gasteiger partial charge >= 0.3 is 0 Å². The van der Waals surface area contributed by atoms with E-state index in [1.807, 2.05) is 38.2 Å². The first-order valence-electron chi connectivity index (χ1n) is 6.12. The molecule has 0 radical (unpaired) electrons. The highest BCUT2D eigenvalue weighted by Crippen LogP contribution is 2.18. The quantitative estimate of drug-likeness (QED) is 0.821. The Balaban J connectivity index is 2.04. The van der Waals surface area contributed by atoms with Crippen LogP contribution in [0.15, 0.2) is 40.2 Å². The first kappa shape index (κ1) is 14.3. The lowest BCUT2D eigenvalue weighted by molar-refractivity contribution is 0.0796. The van der Waals surface area contributed by atoms with Crippen LogP contribution >= 0.6 is 27.3 Å². The molecule has 0 unspecified atom stereocenters. The van der Waals surface area contributed by atoms with Crippen LogP contribution in [0.25, 0.3) is 0 Å². The number of amides is 1. The maximum Gasteiger partial charge on any atom is 0.253 e. The van der Waals surface area contributed by atoms with Crippen LogP contribution in [-0.4, -0.2) is 24.4 Å². The number of carbonyl (C=O) groups excluding carboxylic acids is 1. The van der Waals surface area contributed by atoms with Gasteiger partial charge in [-0.2, -0.15) is 0 Å². The average Bonchev–Trinajstić information content (AvgIpc) is 2.91. The Labute approximate surface area is 126 Å². The number of aryl methyl sites for hydroxylation is 1. The zero-order valence-electron chi connectivity index (χ0n) is 11.0. The van der Waals surface area contributed by atoms with Gasteiger partial charge in [-0.05, 0) is 42.5 Å². The van der Waals surface area contributed by atoms with Crippen molar-refractivity contribution >= 4 is 33.2 Å². The third kappa shape index (κ3) is 3.67. The number of benzene rings is 1. The van der Waals surface area contributed by atoms with Gasteiger partial charge in [0.15, 0.2) is 0 Å². The highest BCUT2D eigenvalue weighted by Gasteiger charge is 2.14. The first-order valence-corrected chi connectivity index (χ1v) is 7.79. The molecule has 0 bridgehead atoms.